The molecular weight excluding hydrogens is 455 g/mol. The van der Waals surface area contributed by atoms with Gasteiger partial charge in [0.1, 0.15) is 22.5 Å². The number of phenols is 1. The molecule has 4 heterocycles. The standard InChI is InChI=1S/C24H29FN6O4/c1-4-28-12-14(2)31-19-18(21(35-3)20(31)24(28)34)23(33)30(13-15-5-6-16(25)11-17(15)32)27-22(19)29-9-7-26-8-10-29/h5-6,11,14,26,32H,4,7-10,12-13H2,1-3H3. The van der Waals surface area contributed by atoms with Gasteiger partial charge in [-0.3, -0.25) is 9.59 Å². The van der Waals surface area contributed by atoms with Crippen LogP contribution in [0.1, 0.15) is 35.9 Å². The summed E-state index contributed by atoms with van der Waals surface area (Å²) in [7, 11) is 1.46. The number of anilines is 1. The number of piperazine rings is 1. The predicted molar refractivity (Wildman–Crippen MR) is 129 cm³/mol. The minimum Gasteiger partial charge on any atom is -0.507 e. The van der Waals surface area contributed by atoms with Crippen molar-refractivity contribution in [3.05, 3.63) is 45.6 Å². The number of carbonyl (C=O) groups excluding carboxylic acids is 1. The number of nitrogens with zero attached hydrogens (tertiary/aromatic N) is 5. The van der Waals surface area contributed by atoms with Crippen molar-refractivity contribution in [3.8, 4) is 11.5 Å². The van der Waals surface area contributed by atoms with E-state index in [-0.39, 0.29) is 35.4 Å². The van der Waals surface area contributed by atoms with Gasteiger partial charge in [0.05, 0.1) is 13.7 Å². The molecule has 1 aromatic carbocycles. The highest BCUT2D eigenvalue weighted by atomic mass is 19.1. The van der Waals surface area contributed by atoms with Gasteiger partial charge >= 0.3 is 0 Å². The molecule has 35 heavy (non-hydrogen) atoms. The fraction of sp³-hybridized carbons (Fsp3) is 0.458. The maximum Gasteiger partial charge on any atom is 0.280 e. The molecule has 11 heteroatoms. The molecule has 5 rings (SSSR count). The molecule has 0 radical (unpaired) electrons. The second-order valence-corrected chi connectivity index (χ2v) is 8.96. The SMILES string of the molecule is CCN1CC(C)n2c(c(OC)c3c(=O)n(Cc4ccc(F)cc4O)nc(N4CCNCC4)c32)C1=O. The number of aromatic nitrogens is 3. The van der Waals surface area contributed by atoms with Crippen LogP contribution >= 0.6 is 0 Å². The molecule has 1 saturated heterocycles. The number of rotatable bonds is 5. The minimum absolute atomic E-state index is 0.0613. The number of phenolic OH excluding ortho intramolecular Hbond substituents is 1. The smallest absolute Gasteiger partial charge is 0.280 e. The number of amides is 1. The molecule has 2 aromatic heterocycles. The van der Waals surface area contributed by atoms with E-state index in [9.17, 15) is 19.1 Å². The van der Waals surface area contributed by atoms with Crippen LogP contribution in [0.15, 0.2) is 23.0 Å². The van der Waals surface area contributed by atoms with Gasteiger partial charge in [0.2, 0.25) is 0 Å². The molecular formula is C24H29FN6O4. The Morgan fingerprint density at radius 1 is 1.26 bits per heavy atom. The molecule has 1 unspecified atom stereocenters. The Kier molecular flexibility index (Phi) is 5.87. The zero-order chi connectivity index (χ0) is 24.9. The molecule has 2 N–H and O–H groups in total. The Hall–Kier alpha value is -3.60. The third-order valence-electron chi connectivity index (χ3n) is 6.82. The van der Waals surface area contributed by atoms with Crippen molar-refractivity contribution in [3.63, 3.8) is 0 Å². The van der Waals surface area contributed by atoms with Gasteiger partial charge in [0.15, 0.2) is 17.3 Å². The number of fused-ring (bicyclic) bond motifs is 3. The van der Waals surface area contributed by atoms with Crippen LogP contribution in [0.4, 0.5) is 10.2 Å². The van der Waals surface area contributed by atoms with Gasteiger partial charge in [0, 0.05) is 56.9 Å². The molecule has 0 bridgehead atoms. The summed E-state index contributed by atoms with van der Waals surface area (Å²) < 4.78 is 22.4. The normalized spacial score (nSPS) is 18.3. The Balaban J connectivity index is 1.80. The van der Waals surface area contributed by atoms with Gasteiger partial charge in [-0.2, -0.15) is 0 Å². The lowest BCUT2D eigenvalue weighted by Gasteiger charge is -2.34. The maximum absolute atomic E-state index is 13.8. The van der Waals surface area contributed by atoms with Crippen LogP contribution in [-0.2, 0) is 6.54 Å². The van der Waals surface area contributed by atoms with Gasteiger partial charge < -0.3 is 29.5 Å². The lowest BCUT2D eigenvalue weighted by Crippen LogP contribution is -2.45. The first kappa shape index (κ1) is 23.2. The first-order valence-electron chi connectivity index (χ1n) is 11.8. The van der Waals surface area contributed by atoms with Crippen molar-refractivity contribution in [2.75, 3.05) is 51.3 Å². The average molecular weight is 485 g/mol. The quantitative estimate of drug-likeness (QED) is 0.566. The Morgan fingerprint density at radius 3 is 2.66 bits per heavy atom. The van der Waals surface area contributed by atoms with Gasteiger partial charge in [-0.05, 0) is 19.9 Å². The van der Waals surface area contributed by atoms with E-state index in [4.69, 9.17) is 9.84 Å². The molecule has 2 aliphatic heterocycles. The van der Waals surface area contributed by atoms with Crippen molar-refractivity contribution in [2.45, 2.75) is 26.4 Å². The highest BCUT2D eigenvalue weighted by molar-refractivity contribution is 6.07. The number of methoxy groups -OCH3 is 1. The fourth-order valence-corrected chi connectivity index (χ4v) is 5.10. The van der Waals surface area contributed by atoms with E-state index >= 15 is 0 Å². The number of ether oxygens (including phenoxy) is 1. The van der Waals surface area contributed by atoms with Gasteiger partial charge in [0.25, 0.3) is 11.5 Å². The first-order valence-corrected chi connectivity index (χ1v) is 11.8. The lowest BCUT2D eigenvalue weighted by atomic mass is 10.2. The lowest BCUT2D eigenvalue weighted by molar-refractivity contribution is 0.0685. The molecule has 1 fully saturated rings. The zero-order valence-corrected chi connectivity index (χ0v) is 20.0. The molecule has 2 aliphatic rings. The Bertz CT molecular complexity index is 1360. The van der Waals surface area contributed by atoms with E-state index in [1.807, 2.05) is 18.4 Å². The number of hydrogen-bond donors (Lipinski definition) is 2. The summed E-state index contributed by atoms with van der Waals surface area (Å²) in [4.78, 5) is 31.0. The van der Waals surface area contributed by atoms with Crippen LogP contribution in [0.25, 0.3) is 10.9 Å². The van der Waals surface area contributed by atoms with Gasteiger partial charge in [-0.1, -0.05) is 6.07 Å². The van der Waals surface area contributed by atoms with Crippen LogP contribution in [0, 0.1) is 5.82 Å². The number of nitrogens with one attached hydrogen (secondary N) is 1. The molecule has 186 valence electrons. The minimum atomic E-state index is -0.571. The zero-order valence-electron chi connectivity index (χ0n) is 20.0. The van der Waals surface area contributed by atoms with Crippen molar-refractivity contribution < 1.29 is 19.0 Å². The largest absolute Gasteiger partial charge is 0.507 e. The number of hydrogen-bond acceptors (Lipinski definition) is 7. The Morgan fingerprint density at radius 2 is 2.00 bits per heavy atom. The second kappa shape index (κ2) is 8.88. The number of halogens is 1. The van der Waals surface area contributed by atoms with Crippen molar-refractivity contribution in [1.82, 2.24) is 24.6 Å². The Labute approximate surface area is 201 Å². The summed E-state index contributed by atoms with van der Waals surface area (Å²) in [6.45, 7) is 7.80. The second-order valence-electron chi connectivity index (χ2n) is 8.96. The number of likely N-dealkylation sites (N-methyl/N-ethyl adjacent to an activating group) is 1. The highest BCUT2D eigenvalue weighted by Gasteiger charge is 2.38. The van der Waals surface area contributed by atoms with Crippen LogP contribution in [0.5, 0.6) is 11.5 Å². The van der Waals surface area contributed by atoms with E-state index in [0.29, 0.717) is 48.8 Å². The number of benzene rings is 1. The third kappa shape index (κ3) is 3.70. The monoisotopic (exact) mass is 484 g/mol. The summed E-state index contributed by atoms with van der Waals surface area (Å²) in [6, 6.07) is 3.58. The molecule has 1 amide bonds. The maximum atomic E-state index is 13.8. The molecule has 10 nitrogen and oxygen atoms in total. The van der Waals surface area contributed by atoms with Crippen LogP contribution in [-0.4, -0.2) is 76.6 Å². The van der Waals surface area contributed by atoms with Gasteiger partial charge in [-0.15, -0.1) is 5.10 Å². The summed E-state index contributed by atoms with van der Waals surface area (Å²) >= 11 is 0. The van der Waals surface area contributed by atoms with E-state index < -0.39 is 11.4 Å². The average Bonchev–Trinajstić information content (AvgIpc) is 3.21. The summed E-state index contributed by atoms with van der Waals surface area (Å²) in [6.07, 6.45) is 0. The number of aromatic hydroxyl groups is 1. The third-order valence-corrected chi connectivity index (χ3v) is 6.82. The van der Waals surface area contributed by atoms with E-state index in [2.05, 4.69) is 10.2 Å². The molecule has 0 aliphatic carbocycles. The molecule has 0 spiro atoms. The summed E-state index contributed by atoms with van der Waals surface area (Å²) in [5.41, 5.74) is 0.848. The molecule has 3 aromatic rings. The van der Waals surface area contributed by atoms with Crippen molar-refractivity contribution in [2.24, 2.45) is 0 Å². The van der Waals surface area contributed by atoms with Crippen LogP contribution < -0.4 is 20.5 Å². The number of carbonyl (C=O) groups is 1. The van der Waals surface area contributed by atoms with E-state index in [1.165, 1.54) is 23.9 Å². The summed E-state index contributed by atoms with van der Waals surface area (Å²) in [5, 5.41) is 18.6. The van der Waals surface area contributed by atoms with Gasteiger partial charge in [-0.25, -0.2) is 9.07 Å². The molecule has 0 saturated carbocycles. The topological polar surface area (TPSA) is 105 Å². The summed E-state index contributed by atoms with van der Waals surface area (Å²) in [5.74, 6) is -0.203. The van der Waals surface area contributed by atoms with Crippen LogP contribution in [0.2, 0.25) is 0 Å². The first-order chi connectivity index (χ1) is 16.8. The van der Waals surface area contributed by atoms with Crippen molar-refractivity contribution >= 4 is 22.6 Å². The van der Waals surface area contributed by atoms with E-state index in [0.717, 1.165) is 19.2 Å². The predicted octanol–water partition coefficient (Wildman–Crippen LogP) is 1.55. The van der Waals surface area contributed by atoms with E-state index in [1.54, 1.807) is 4.90 Å². The fourth-order valence-electron chi connectivity index (χ4n) is 5.10. The van der Waals surface area contributed by atoms with Crippen molar-refractivity contribution in [1.29, 1.82) is 0 Å². The highest BCUT2D eigenvalue weighted by Crippen LogP contribution is 2.40. The van der Waals surface area contributed by atoms with Crippen LogP contribution in [0.3, 0.4) is 0 Å². The molecule has 1 atom stereocenters.